The first-order chi connectivity index (χ1) is 14.0. The van der Waals surface area contributed by atoms with Crippen LogP contribution in [0.1, 0.15) is 22.8 Å². The molecular weight excluding hydrogens is 384 g/mol. The van der Waals surface area contributed by atoms with Gasteiger partial charge in [0.2, 0.25) is 10.0 Å². The molecule has 1 unspecified atom stereocenters. The second-order valence-electron chi connectivity index (χ2n) is 6.91. The molecular formula is C23H26N2O3S. The van der Waals surface area contributed by atoms with Crippen LogP contribution in [0.25, 0.3) is 0 Å². The molecule has 0 fully saturated rings. The minimum absolute atomic E-state index is 0.0186. The molecule has 3 N–H and O–H groups in total. The maximum Gasteiger partial charge on any atom is 0.233 e. The lowest BCUT2D eigenvalue weighted by molar-refractivity contribution is 0.174. The van der Waals surface area contributed by atoms with Gasteiger partial charge in [-0.1, -0.05) is 72.8 Å². The number of aryl methyl sites for hydroxylation is 1. The summed E-state index contributed by atoms with van der Waals surface area (Å²) >= 11 is 0. The molecule has 0 aromatic heterocycles. The van der Waals surface area contributed by atoms with Crippen LogP contribution in [0.2, 0.25) is 0 Å². The van der Waals surface area contributed by atoms with E-state index in [1.807, 2.05) is 60.7 Å². The minimum Gasteiger partial charge on any atom is -0.387 e. The minimum atomic E-state index is -3.44. The molecule has 3 rings (SSSR count). The Hall–Kier alpha value is -2.67. The van der Waals surface area contributed by atoms with E-state index in [0.29, 0.717) is 25.2 Å². The maximum absolute atomic E-state index is 12.3. The maximum atomic E-state index is 12.3. The second kappa shape index (κ2) is 10.2. The lowest BCUT2D eigenvalue weighted by atomic mass is 10.1. The molecule has 0 heterocycles. The van der Waals surface area contributed by atoms with Gasteiger partial charge in [-0.3, -0.25) is 4.72 Å². The first kappa shape index (κ1) is 21.0. The van der Waals surface area contributed by atoms with Gasteiger partial charge in [0, 0.05) is 18.8 Å². The number of aliphatic hydroxyl groups excluding tert-OH is 1. The van der Waals surface area contributed by atoms with Crippen LogP contribution in [0.4, 0.5) is 5.69 Å². The van der Waals surface area contributed by atoms with Crippen LogP contribution in [-0.4, -0.2) is 25.8 Å². The molecule has 0 bridgehead atoms. The van der Waals surface area contributed by atoms with Gasteiger partial charge in [-0.2, -0.15) is 0 Å². The summed E-state index contributed by atoms with van der Waals surface area (Å²) in [5.74, 6) is 0.0186. The molecule has 3 aromatic carbocycles. The van der Waals surface area contributed by atoms with Crippen molar-refractivity contribution < 1.29 is 13.5 Å². The summed E-state index contributed by atoms with van der Waals surface area (Å²) in [6, 6.07) is 26.3. The third-order valence-corrected chi connectivity index (χ3v) is 5.87. The van der Waals surface area contributed by atoms with E-state index < -0.39 is 16.1 Å². The van der Waals surface area contributed by atoms with Crippen molar-refractivity contribution in [2.75, 3.05) is 17.0 Å². The number of hydrogen-bond acceptors (Lipinski definition) is 4. The first-order valence-corrected chi connectivity index (χ1v) is 11.2. The largest absolute Gasteiger partial charge is 0.387 e. The van der Waals surface area contributed by atoms with Crippen LogP contribution in [0.15, 0.2) is 84.9 Å². The average molecular weight is 411 g/mol. The van der Waals surface area contributed by atoms with Crippen molar-refractivity contribution >= 4 is 15.7 Å². The molecule has 0 spiro atoms. The second-order valence-corrected chi connectivity index (χ2v) is 8.75. The first-order valence-electron chi connectivity index (χ1n) is 9.59. The lowest BCUT2D eigenvalue weighted by Gasteiger charge is -2.14. The zero-order valence-corrected chi connectivity index (χ0v) is 17.0. The number of aliphatic hydroxyl groups is 1. The SMILES string of the molecule is O=S(=O)(CCc1ccccc1)Nc1ccc(C(O)CNCc2ccccc2)cc1. The molecule has 152 valence electrons. The summed E-state index contributed by atoms with van der Waals surface area (Å²) in [5.41, 5.74) is 3.36. The Kier molecular flexibility index (Phi) is 7.41. The molecule has 0 radical (unpaired) electrons. The number of hydrogen-bond donors (Lipinski definition) is 3. The molecule has 0 saturated heterocycles. The number of nitrogens with one attached hydrogen (secondary N) is 2. The van der Waals surface area contributed by atoms with E-state index in [9.17, 15) is 13.5 Å². The van der Waals surface area contributed by atoms with Crippen molar-refractivity contribution in [2.24, 2.45) is 0 Å². The average Bonchev–Trinajstić information content (AvgIpc) is 2.74. The van der Waals surface area contributed by atoms with E-state index in [2.05, 4.69) is 10.0 Å². The van der Waals surface area contributed by atoms with Crippen molar-refractivity contribution in [3.63, 3.8) is 0 Å². The molecule has 0 saturated carbocycles. The van der Waals surface area contributed by atoms with Crippen LogP contribution < -0.4 is 10.0 Å². The van der Waals surface area contributed by atoms with Gasteiger partial charge >= 0.3 is 0 Å². The summed E-state index contributed by atoms with van der Waals surface area (Å²) < 4.78 is 27.2. The fraction of sp³-hybridized carbons (Fsp3) is 0.217. The van der Waals surface area contributed by atoms with Gasteiger partial charge in [0.25, 0.3) is 0 Å². The highest BCUT2D eigenvalue weighted by Gasteiger charge is 2.12. The third-order valence-electron chi connectivity index (χ3n) is 4.58. The Bertz CT molecular complexity index is 976. The number of anilines is 1. The monoisotopic (exact) mass is 410 g/mol. The van der Waals surface area contributed by atoms with E-state index in [-0.39, 0.29) is 5.75 Å². The van der Waals surface area contributed by atoms with Crippen molar-refractivity contribution in [2.45, 2.75) is 19.1 Å². The molecule has 1 atom stereocenters. The number of sulfonamides is 1. The van der Waals surface area contributed by atoms with Crippen molar-refractivity contribution in [3.05, 3.63) is 102 Å². The van der Waals surface area contributed by atoms with E-state index in [4.69, 9.17) is 0 Å². The molecule has 0 amide bonds. The Morgan fingerprint density at radius 1 is 0.793 bits per heavy atom. The van der Waals surface area contributed by atoms with E-state index in [1.165, 1.54) is 0 Å². The fourth-order valence-corrected chi connectivity index (χ4v) is 4.07. The third kappa shape index (κ3) is 7.02. The van der Waals surface area contributed by atoms with E-state index in [0.717, 1.165) is 16.7 Å². The summed E-state index contributed by atoms with van der Waals surface area (Å²) in [6.07, 6.45) is -0.206. The van der Waals surface area contributed by atoms with Crippen LogP contribution in [0.5, 0.6) is 0 Å². The van der Waals surface area contributed by atoms with Gasteiger partial charge in [-0.15, -0.1) is 0 Å². The molecule has 0 aliphatic rings. The Morgan fingerprint density at radius 3 is 2.00 bits per heavy atom. The molecule has 6 heteroatoms. The zero-order valence-electron chi connectivity index (χ0n) is 16.2. The molecule has 5 nitrogen and oxygen atoms in total. The van der Waals surface area contributed by atoms with Gasteiger partial charge in [0.15, 0.2) is 0 Å². The van der Waals surface area contributed by atoms with Crippen LogP contribution in [0.3, 0.4) is 0 Å². The summed E-state index contributed by atoms with van der Waals surface area (Å²) in [4.78, 5) is 0. The number of rotatable bonds is 10. The Morgan fingerprint density at radius 2 is 1.38 bits per heavy atom. The smallest absolute Gasteiger partial charge is 0.233 e. The number of benzene rings is 3. The highest BCUT2D eigenvalue weighted by molar-refractivity contribution is 7.92. The Labute approximate surface area is 172 Å². The zero-order chi connectivity index (χ0) is 20.5. The van der Waals surface area contributed by atoms with Gasteiger partial charge in [0.1, 0.15) is 0 Å². The van der Waals surface area contributed by atoms with Crippen LogP contribution in [0, 0.1) is 0 Å². The summed E-state index contributed by atoms with van der Waals surface area (Å²) in [6.45, 7) is 1.09. The molecule has 0 aliphatic heterocycles. The standard InChI is InChI=1S/C23H26N2O3S/c26-23(18-24-17-20-9-5-2-6-10-20)21-11-13-22(14-12-21)25-29(27,28)16-15-19-7-3-1-4-8-19/h1-14,23-26H,15-18H2. The van der Waals surface area contributed by atoms with Crippen molar-refractivity contribution in [3.8, 4) is 0 Å². The molecule has 29 heavy (non-hydrogen) atoms. The topological polar surface area (TPSA) is 78.4 Å². The van der Waals surface area contributed by atoms with E-state index >= 15 is 0 Å². The van der Waals surface area contributed by atoms with Gasteiger partial charge in [0.05, 0.1) is 11.9 Å². The lowest BCUT2D eigenvalue weighted by Crippen LogP contribution is -2.21. The van der Waals surface area contributed by atoms with Gasteiger partial charge < -0.3 is 10.4 Å². The van der Waals surface area contributed by atoms with Crippen molar-refractivity contribution in [1.29, 1.82) is 0 Å². The summed E-state index contributed by atoms with van der Waals surface area (Å²) in [7, 11) is -3.44. The predicted molar refractivity (Wildman–Crippen MR) is 117 cm³/mol. The highest BCUT2D eigenvalue weighted by Crippen LogP contribution is 2.17. The molecule has 3 aromatic rings. The van der Waals surface area contributed by atoms with Crippen molar-refractivity contribution in [1.82, 2.24) is 5.32 Å². The highest BCUT2D eigenvalue weighted by atomic mass is 32.2. The normalized spacial score (nSPS) is 12.4. The van der Waals surface area contributed by atoms with Crippen LogP contribution >= 0.6 is 0 Å². The predicted octanol–water partition coefficient (Wildman–Crippen LogP) is 3.49. The fourth-order valence-electron chi connectivity index (χ4n) is 2.97. The van der Waals surface area contributed by atoms with Gasteiger partial charge in [-0.25, -0.2) is 8.42 Å². The summed E-state index contributed by atoms with van der Waals surface area (Å²) in [5, 5.41) is 13.6. The Balaban J connectivity index is 1.48. The quantitative estimate of drug-likeness (QED) is 0.478. The van der Waals surface area contributed by atoms with E-state index in [1.54, 1.807) is 24.3 Å². The molecule has 0 aliphatic carbocycles. The van der Waals surface area contributed by atoms with Crippen LogP contribution in [-0.2, 0) is 23.0 Å². The van der Waals surface area contributed by atoms with Gasteiger partial charge in [-0.05, 0) is 35.2 Å².